The van der Waals surface area contributed by atoms with Crippen molar-refractivity contribution in [3.05, 3.63) is 70.5 Å². The molecule has 0 unspecified atom stereocenters. The van der Waals surface area contributed by atoms with Gasteiger partial charge in [0.2, 0.25) is 11.8 Å². The van der Waals surface area contributed by atoms with Crippen LogP contribution in [0.1, 0.15) is 77.6 Å². The van der Waals surface area contributed by atoms with Crippen LogP contribution in [-0.2, 0) is 19.1 Å². The molecule has 0 saturated carbocycles. The Hall–Kier alpha value is -5.08. The number of imidazole rings is 2. The number of nitrogens with zero attached hydrogens (tertiary/aromatic N) is 4. The number of benzene rings is 2. The number of alkyl carbamates (subject to hydrolysis) is 2. The molecule has 304 valence electrons. The molecule has 2 aliphatic heterocycles. The maximum atomic E-state index is 13.7. The molecule has 4 heterocycles. The van der Waals surface area contributed by atoms with E-state index in [1.165, 1.54) is 14.2 Å². The number of carbonyl (C=O) groups is 4. The number of hydrogen-bond donors (Lipinski definition) is 4. The minimum atomic E-state index is -0.743. The van der Waals surface area contributed by atoms with E-state index in [9.17, 15) is 19.2 Å². The largest absolute Gasteiger partial charge is 0.453 e. The van der Waals surface area contributed by atoms with Gasteiger partial charge in [-0.25, -0.2) is 19.6 Å². The van der Waals surface area contributed by atoms with E-state index in [1.54, 1.807) is 9.80 Å². The normalized spacial score (nSPS) is 19.2. The third-order valence-electron chi connectivity index (χ3n) is 10.8. The van der Waals surface area contributed by atoms with Gasteiger partial charge in [0, 0.05) is 24.2 Å². The molecule has 0 spiro atoms. The van der Waals surface area contributed by atoms with E-state index in [2.05, 4.69) is 37.5 Å². The molecule has 4 amide bonds. The number of H-pyrrole nitrogens is 2. The first-order valence-corrected chi connectivity index (χ1v) is 20.0. The standard InChI is InChI=1S/C41H50Cl2N8O6/c1-21(2)30(46-40(54)56-6)38(52)50-18-8-9-28(50)36-44-32(34(42)48-36)26-14-10-24(11-15-26)25-12-16-27(17-13-25)33-35(43)49-37(45-33)29-19-23(5)20-51(29)39(53)31(22(3)4)47-41(55)57-7/h10-17,21-23,28-31H,8-9,18-20H2,1-7H3,(H,44,48)(H,45,49)(H,46,54)(H,47,55)/t23-,28-,29-,30-,31-/m0/s1. The first-order chi connectivity index (χ1) is 27.2. The lowest BCUT2D eigenvalue weighted by molar-refractivity contribution is -0.136. The Labute approximate surface area is 342 Å². The highest BCUT2D eigenvalue weighted by molar-refractivity contribution is 6.32. The fourth-order valence-corrected chi connectivity index (χ4v) is 8.21. The number of methoxy groups -OCH3 is 2. The number of amides is 4. The Morgan fingerprint density at radius 1 is 0.702 bits per heavy atom. The summed E-state index contributed by atoms with van der Waals surface area (Å²) >= 11 is 13.4. The van der Waals surface area contributed by atoms with E-state index < -0.39 is 24.3 Å². The predicted molar refractivity (Wildman–Crippen MR) is 217 cm³/mol. The Morgan fingerprint density at radius 3 is 1.56 bits per heavy atom. The van der Waals surface area contributed by atoms with Gasteiger partial charge in [0.25, 0.3) is 0 Å². The van der Waals surface area contributed by atoms with Crippen molar-refractivity contribution in [1.29, 1.82) is 0 Å². The smallest absolute Gasteiger partial charge is 0.407 e. The highest BCUT2D eigenvalue weighted by atomic mass is 35.5. The Kier molecular flexibility index (Phi) is 12.8. The minimum absolute atomic E-state index is 0.141. The van der Waals surface area contributed by atoms with Crippen molar-refractivity contribution in [2.75, 3.05) is 27.3 Å². The predicted octanol–water partition coefficient (Wildman–Crippen LogP) is 7.77. The summed E-state index contributed by atoms with van der Waals surface area (Å²) in [4.78, 5) is 70.9. The van der Waals surface area contributed by atoms with E-state index in [0.717, 1.165) is 28.7 Å². The van der Waals surface area contributed by atoms with Crippen LogP contribution in [0.5, 0.6) is 0 Å². The Morgan fingerprint density at radius 2 is 1.12 bits per heavy atom. The lowest BCUT2D eigenvalue weighted by Crippen LogP contribution is -2.51. The SMILES string of the molecule is COC(=O)N[C@H](C(=O)N1CCC[C@H]1c1nc(Cl)c(-c2ccc(-c3ccc(-c4[nH]c([C@@H]5C[C@H](C)CN5C(=O)[C@@H](NC(=O)OC)C(C)C)nc4Cl)cc3)cc2)[nH]1)C(C)C. The van der Waals surface area contributed by atoms with Crippen molar-refractivity contribution < 1.29 is 28.7 Å². The number of rotatable bonds is 11. The fourth-order valence-electron chi connectivity index (χ4n) is 7.72. The highest BCUT2D eigenvalue weighted by Crippen LogP contribution is 2.39. The molecule has 2 aliphatic rings. The number of ether oxygens (including phenoxy) is 2. The zero-order valence-corrected chi connectivity index (χ0v) is 34.7. The minimum Gasteiger partial charge on any atom is -0.453 e. The second kappa shape index (κ2) is 17.6. The fraction of sp³-hybridized carbons (Fsp3) is 0.463. The summed E-state index contributed by atoms with van der Waals surface area (Å²) in [5.74, 6) is 0.745. The molecule has 0 aliphatic carbocycles. The molecule has 2 fully saturated rings. The molecular formula is C41H50Cl2N8O6. The Bertz CT molecular complexity index is 2080. The maximum Gasteiger partial charge on any atom is 0.407 e. The van der Waals surface area contributed by atoms with E-state index in [1.807, 2.05) is 76.2 Å². The van der Waals surface area contributed by atoms with Gasteiger partial charge in [-0.3, -0.25) is 9.59 Å². The summed E-state index contributed by atoms with van der Waals surface area (Å²) in [5.41, 5.74) is 4.96. The monoisotopic (exact) mass is 820 g/mol. The summed E-state index contributed by atoms with van der Waals surface area (Å²) < 4.78 is 9.52. The van der Waals surface area contributed by atoms with Crippen molar-refractivity contribution in [2.24, 2.45) is 17.8 Å². The third kappa shape index (κ3) is 8.91. The summed E-state index contributed by atoms with van der Waals surface area (Å²) in [5, 5.41) is 5.98. The van der Waals surface area contributed by atoms with Gasteiger partial charge in [-0.2, -0.15) is 0 Å². The molecule has 14 nitrogen and oxygen atoms in total. The first kappa shape index (κ1) is 41.6. The quantitative estimate of drug-likeness (QED) is 0.119. The van der Waals surface area contributed by atoms with Gasteiger partial charge in [-0.05, 0) is 48.1 Å². The number of nitrogens with one attached hydrogen (secondary N) is 4. The zero-order valence-electron chi connectivity index (χ0n) is 33.2. The zero-order chi connectivity index (χ0) is 41.1. The van der Waals surface area contributed by atoms with Crippen LogP contribution in [0.2, 0.25) is 10.3 Å². The van der Waals surface area contributed by atoms with Gasteiger partial charge in [0.15, 0.2) is 10.3 Å². The molecule has 16 heteroatoms. The molecule has 2 aromatic heterocycles. The molecule has 2 saturated heterocycles. The number of carbonyl (C=O) groups excluding carboxylic acids is 4. The van der Waals surface area contributed by atoms with Crippen molar-refractivity contribution in [2.45, 2.75) is 78.0 Å². The maximum absolute atomic E-state index is 13.7. The van der Waals surface area contributed by atoms with Crippen LogP contribution in [0.25, 0.3) is 33.6 Å². The molecule has 4 aromatic rings. The highest BCUT2D eigenvalue weighted by Gasteiger charge is 2.41. The van der Waals surface area contributed by atoms with Crippen LogP contribution in [-0.4, -0.2) is 93.1 Å². The average molecular weight is 822 g/mol. The molecular weight excluding hydrogens is 771 g/mol. The lowest BCUT2D eigenvalue weighted by Gasteiger charge is -2.30. The van der Waals surface area contributed by atoms with Gasteiger partial charge in [-0.15, -0.1) is 0 Å². The summed E-state index contributed by atoms with van der Waals surface area (Å²) in [6.45, 7) is 10.7. The van der Waals surface area contributed by atoms with Crippen LogP contribution in [0.15, 0.2) is 48.5 Å². The van der Waals surface area contributed by atoms with Crippen molar-refractivity contribution in [1.82, 2.24) is 40.4 Å². The average Bonchev–Trinajstić information content (AvgIpc) is 4.01. The second-order valence-electron chi connectivity index (χ2n) is 15.5. The van der Waals surface area contributed by atoms with Crippen LogP contribution in [0, 0.1) is 17.8 Å². The van der Waals surface area contributed by atoms with Gasteiger partial charge < -0.3 is 39.9 Å². The first-order valence-electron chi connectivity index (χ1n) is 19.2. The van der Waals surface area contributed by atoms with E-state index >= 15 is 0 Å². The molecule has 6 rings (SSSR count). The topological polar surface area (TPSA) is 175 Å². The number of hydrogen-bond acceptors (Lipinski definition) is 8. The number of halogens is 2. The van der Waals surface area contributed by atoms with Crippen molar-refractivity contribution in [3.8, 4) is 33.6 Å². The molecule has 0 bridgehead atoms. The van der Waals surface area contributed by atoms with E-state index in [-0.39, 0.29) is 41.7 Å². The second-order valence-corrected chi connectivity index (χ2v) is 16.2. The van der Waals surface area contributed by atoms with Crippen molar-refractivity contribution >= 4 is 47.2 Å². The summed E-state index contributed by atoms with van der Waals surface area (Å²) in [6, 6.07) is 13.8. The molecule has 0 radical (unpaired) electrons. The van der Waals surface area contributed by atoms with Crippen LogP contribution >= 0.6 is 23.2 Å². The van der Waals surface area contributed by atoms with Crippen LogP contribution in [0.4, 0.5) is 9.59 Å². The third-order valence-corrected chi connectivity index (χ3v) is 11.3. The van der Waals surface area contributed by atoms with Crippen LogP contribution in [0.3, 0.4) is 0 Å². The molecule has 57 heavy (non-hydrogen) atoms. The van der Waals surface area contributed by atoms with E-state index in [4.69, 9.17) is 32.7 Å². The molecule has 5 atom stereocenters. The van der Waals surface area contributed by atoms with Gasteiger partial charge >= 0.3 is 12.2 Å². The lowest BCUT2D eigenvalue weighted by atomic mass is 10.0. The Balaban J connectivity index is 1.16. The van der Waals surface area contributed by atoms with Crippen LogP contribution < -0.4 is 10.6 Å². The van der Waals surface area contributed by atoms with E-state index in [0.29, 0.717) is 59.3 Å². The van der Waals surface area contributed by atoms with Gasteiger partial charge in [-0.1, -0.05) is 106 Å². The number of likely N-dealkylation sites (tertiary alicyclic amines) is 2. The molecule has 2 aromatic carbocycles. The summed E-state index contributed by atoms with van der Waals surface area (Å²) in [7, 11) is 2.55. The summed E-state index contributed by atoms with van der Waals surface area (Å²) in [6.07, 6.45) is 0.906. The number of aromatic amines is 2. The van der Waals surface area contributed by atoms with Crippen molar-refractivity contribution in [3.63, 3.8) is 0 Å². The number of aromatic nitrogens is 4. The molecule has 4 N–H and O–H groups in total. The van der Waals surface area contributed by atoms with Gasteiger partial charge in [0.05, 0.1) is 37.7 Å². The van der Waals surface area contributed by atoms with Gasteiger partial charge in [0.1, 0.15) is 23.7 Å².